The SMILES string of the molecule is CC(C)[N+]([O-])=Cc1ccccc1-n1[se]c2ccc([N+](=O)[O-])cc2c1=O. The van der Waals surface area contributed by atoms with E-state index in [-0.39, 0.29) is 32.0 Å². The van der Waals surface area contributed by atoms with Crippen LogP contribution in [0.2, 0.25) is 0 Å². The van der Waals surface area contributed by atoms with Crippen molar-refractivity contribution in [3.63, 3.8) is 0 Å². The molecule has 2 aromatic carbocycles. The summed E-state index contributed by atoms with van der Waals surface area (Å²) in [7, 11) is 0. The number of benzene rings is 2. The van der Waals surface area contributed by atoms with Crippen LogP contribution >= 0.6 is 0 Å². The number of non-ortho nitro benzene ring substituents is 1. The van der Waals surface area contributed by atoms with E-state index < -0.39 is 4.92 Å². The van der Waals surface area contributed by atoms with Gasteiger partial charge in [0.1, 0.15) is 0 Å². The first-order valence-corrected chi connectivity index (χ1v) is 9.21. The molecule has 128 valence electrons. The Kier molecular flexibility index (Phi) is 4.56. The predicted octanol–water partition coefficient (Wildman–Crippen LogP) is 2.29. The van der Waals surface area contributed by atoms with Crippen LogP contribution in [0.3, 0.4) is 0 Å². The average molecular weight is 404 g/mol. The number of rotatable bonds is 4. The molecule has 1 heterocycles. The average Bonchev–Trinajstić information content (AvgIpc) is 2.91. The van der Waals surface area contributed by atoms with Crippen LogP contribution in [-0.2, 0) is 0 Å². The van der Waals surface area contributed by atoms with Crippen molar-refractivity contribution in [3.8, 4) is 5.69 Å². The third-order valence-corrected chi connectivity index (χ3v) is 6.01. The van der Waals surface area contributed by atoms with Gasteiger partial charge in [0.15, 0.2) is 0 Å². The van der Waals surface area contributed by atoms with E-state index in [2.05, 4.69) is 0 Å². The number of hydrogen-bond donors (Lipinski definition) is 0. The van der Waals surface area contributed by atoms with Crippen molar-refractivity contribution < 1.29 is 9.66 Å². The van der Waals surface area contributed by atoms with Gasteiger partial charge in [-0.3, -0.25) is 0 Å². The van der Waals surface area contributed by atoms with Crippen LogP contribution in [0.4, 0.5) is 5.69 Å². The standard InChI is InChI=1S/C17H15N3O4Se/c1-11(2)18(22)10-12-5-3-4-6-15(12)19-17(21)14-9-13(20(23)24)7-8-16(14)25-19/h3-11H,1-2H3. The Hall–Kier alpha value is -2.70. The van der Waals surface area contributed by atoms with Gasteiger partial charge in [-0.25, -0.2) is 0 Å². The molecule has 3 aromatic rings. The summed E-state index contributed by atoms with van der Waals surface area (Å²) in [4.78, 5) is 23.2. The Balaban J connectivity index is 2.21. The van der Waals surface area contributed by atoms with E-state index in [0.29, 0.717) is 16.6 Å². The summed E-state index contributed by atoms with van der Waals surface area (Å²) >= 11 is -0.336. The van der Waals surface area contributed by atoms with Crippen molar-refractivity contribution in [2.24, 2.45) is 0 Å². The van der Waals surface area contributed by atoms with Gasteiger partial charge in [0.2, 0.25) is 0 Å². The molecular weight excluding hydrogens is 389 g/mol. The zero-order valence-electron chi connectivity index (χ0n) is 13.6. The summed E-state index contributed by atoms with van der Waals surface area (Å²) < 4.78 is 3.23. The van der Waals surface area contributed by atoms with Crippen molar-refractivity contribution in [2.45, 2.75) is 19.9 Å². The molecule has 7 nitrogen and oxygen atoms in total. The molecule has 8 heteroatoms. The van der Waals surface area contributed by atoms with Crippen molar-refractivity contribution >= 4 is 36.3 Å². The number of para-hydroxylation sites is 1. The monoisotopic (exact) mass is 405 g/mol. The topological polar surface area (TPSA) is 91.2 Å². The molecule has 0 radical (unpaired) electrons. The van der Waals surface area contributed by atoms with Crippen molar-refractivity contribution in [2.75, 3.05) is 0 Å². The van der Waals surface area contributed by atoms with Crippen LogP contribution in [0.1, 0.15) is 19.4 Å². The van der Waals surface area contributed by atoms with Crippen molar-refractivity contribution in [3.05, 3.63) is 73.7 Å². The number of aromatic nitrogens is 1. The van der Waals surface area contributed by atoms with Crippen LogP contribution in [0.15, 0.2) is 47.3 Å². The minimum atomic E-state index is -0.511. The van der Waals surface area contributed by atoms with Gasteiger partial charge in [-0.2, -0.15) is 0 Å². The Bertz CT molecular complexity index is 1050. The van der Waals surface area contributed by atoms with E-state index in [9.17, 15) is 20.1 Å². The fraction of sp³-hybridized carbons (Fsp3) is 0.176. The van der Waals surface area contributed by atoms with Gasteiger partial charge in [-0.1, -0.05) is 0 Å². The molecule has 25 heavy (non-hydrogen) atoms. The van der Waals surface area contributed by atoms with Crippen LogP contribution in [0.25, 0.3) is 15.3 Å². The number of hydroxylamine groups is 1. The molecule has 0 spiro atoms. The van der Waals surface area contributed by atoms with Crippen molar-refractivity contribution in [1.29, 1.82) is 0 Å². The van der Waals surface area contributed by atoms with Crippen LogP contribution in [0.5, 0.6) is 0 Å². The Labute approximate surface area is 149 Å². The summed E-state index contributed by atoms with van der Waals surface area (Å²) in [5, 5.41) is 23.3. The first kappa shape index (κ1) is 17.1. The summed E-state index contributed by atoms with van der Waals surface area (Å²) in [6.45, 7) is 3.57. The molecule has 0 aliphatic heterocycles. The quantitative estimate of drug-likeness (QED) is 0.167. The normalized spacial score (nSPS) is 12.0. The summed E-state index contributed by atoms with van der Waals surface area (Å²) in [5.41, 5.74) is 0.897. The molecule has 0 amide bonds. The fourth-order valence-corrected chi connectivity index (χ4v) is 4.49. The van der Waals surface area contributed by atoms with E-state index in [1.165, 1.54) is 18.3 Å². The zero-order valence-corrected chi connectivity index (χ0v) is 15.3. The van der Waals surface area contributed by atoms with Gasteiger partial charge in [-0.05, 0) is 0 Å². The number of nitrogens with zero attached hydrogens (tertiary/aromatic N) is 3. The third-order valence-electron chi connectivity index (χ3n) is 3.71. The van der Waals surface area contributed by atoms with E-state index in [0.717, 1.165) is 9.00 Å². The van der Waals surface area contributed by atoms with E-state index in [1.54, 1.807) is 47.7 Å². The molecule has 0 bridgehead atoms. The fourth-order valence-electron chi connectivity index (χ4n) is 2.35. The van der Waals surface area contributed by atoms with Crippen LogP contribution < -0.4 is 5.56 Å². The Morgan fingerprint density at radius 3 is 2.56 bits per heavy atom. The van der Waals surface area contributed by atoms with Gasteiger partial charge >= 0.3 is 149 Å². The van der Waals surface area contributed by atoms with Gasteiger partial charge in [0, 0.05) is 0 Å². The van der Waals surface area contributed by atoms with Gasteiger partial charge in [0.25, 0.3) is 0 Å². The van der Waals surface area contributed by atoms with Crippen LogP contribution in [0, 0.1) is 15.3 Å². The number of fused-ring (bicyclic) bond motifs is 1. The second-order valence-electron chi connectivity index (χ2n) is 5.77. The van der Waals surface area contributed by atoms with Gasteiger partial charge in [0.05, 0.1) is 0 Å². The van der Waals surface area contributed by atoms with Gasteiger partial charge in [-0.15, -0.1) is 0 Å². The Morgan fingerprint density at radius 2 is 1.88 bits per heavy atom. The van der Waals surface area contributed by atoms with Gasteiger partial charge < -0.3 is 0 Å². The molecule has 0 unspecified atom stereocenters. The summed E-state index contributed by atoms with van der Waals surface area (Å²) in [6, 6.07) is 11.3. The molecule has 0 aliphatic carbocycles. The Morgan fingerprint density at radius 1 is 1.16 bits per heavy atom. The molecule has 1 aromatic heterocycles. The molecule has 0 saturated heterocycles. The molecule has 3 rings (SSSR count). The minimum absolute atomic E-state index is 0.102. The number of hydrogen-bond acceptors (Lipinski definition) is 4. The maximum atomic E-state index is 12.8. The molecule has 0 atom stereocenters. The summed E-state index contributed by atoms with van der Waals surface area (Å²) in [5.74, 6) is 0. The molecule has 0 fully saturated rings. The van der Waals surface area contributed by atoms with E-state index in [4.69, 9.17) is 0 Å². The van der Waals surface area contributed by atoms with Crippen molar-refractivity contribution in [1.82, 2.24) is 3.56 Å². The predicted molar refractivity (Wildman–Crippen MR) is 97.1 cm³/mol. The molecule has 0 N–H and O–H groups in total. The molecule has 0 aliphatic rings. The van der Waals surface area contributed by atoms with E-state index in [1.807, 2.05) is 0 Å². The first-order chi connectivity index (χ1) is 11.9. The second kappa shape index (κ2) is 6.66. The van der Waals surface area contributed by atoms with Crippen LogP contribution in [-0.4, -0.2) is 40.2 Å². The molecule has 0 saturated carbocycles. The first-order valence-electron chi connectivity index (χ1n) is 7.58. The molecular formula is C17H15N3O4Se. The summed E-state index contributed by atoms with van der Waals surface area (Å²) in [6.07, 6.45) is 1.47. The zero-order chi connectivity index (χ0) is 18.1. The van der Waals surface area contributed by atoms with E-state index >= 15 is 0 Å². The third kappa shape index (κ3) is 3.26. The second-order valence-corrected chi connectivity index (χ2v) is 7.84. The number of nitro groups is 1. The maximum absolute atomic E-state index is 12.8. The number of nitro benzene ring substituents is 1.